The number of amides is 4. The number of nitrogens with one attached hydrogen (secondary N) is 4. The molecule has 0 unspecified atom stereocenters. The SMILES string of the molecule is CC(C)(C)OC(=O)NCC(=O)NNC(=O)[C@H](Cc1c[nH]c2ccccc12)OC(N)=O. The van der Waals surface area contributed by atoms with Gasteiger partial charge in [-0.25, -0.2) is 9.59 Å². The van der Waals surface area contributed by atoms with E-state index in [4.69, 9.17) is 15.2 Å². The van der Waals surface area contributed by atoms with Crippen LogP contribution in [0.5, 0.6) is 0 Å². The van der Waals surface area contributed by atoms with E-state index < -0.39 is 42.3 Å². The standard InChI is InChI=1S/C19H25N5O6/c1-19(2,3)30-18(28)22-10-15(25)23-24-16(26)14(29-17(20)27)8-11-9-21-13-7-5-4-6-12(11)13/h4-7,9,14,21H,8,10H2,1-3H3,(H2,20,27)(H,22,28)(H,23,25)(H,24,26)/t14-/m0/s1. The average Bonchev–Trinajstić information content (AvgIpc) is 3.05. The largest absolute Gasteiger partial charge is 0.444 e. The number of alkyl carbamates (subject to hydrolysis) is 1. The lowest BCUT2D eigenvalue weighted by Crippen LogP contribution is -2.51. The number of hydrazine groups is 1. The molecule has 1 atom stereocenters. The van der Waals surface area contributed by atoms with Gasteiger partial charge in [0, 0.05) is 23.5 Å². The minimum absolute atomic E-state index is 0.0326. The number of aromatic amines is 1. The third-order valence-corrected chi connectivity index (χ3v) is 3.75. The molecule has 1 aromatic carbocycles. The van der Waals surface area contributed by atoms with Crippen molar-refractivity contribution < 1.29 is 28.7 Å². The fourth-order valence-electron chi connectivity index (χ4n) is 2.55. The predicted molar refractivity (Wildman–Crippen MR) is 107 cm³/mol. The van der Waals surface area contributed by atoms with E-state index in [9.17, 15) is 19.2 Å². The Morgan fingerprint density at radius 3 is 2.50 bits per heavy atom. The zero-order valence-electron chi connectivity index (χ0n) is 16.9. The third kappa shape index (κ3) is 7.00. The van der Waals surface area contributed by atoms with Crippen molar-refractivity contribution in [3.8, 4) is 0 Å². The van der Waals surface area contributed by atoms with Crippen LogP contribution in [0.3, 0.4) is 0 Å². The van der Waals surface area contributed by atoms with E-state index in [1.165, 1.54) is 0 Å². The molecule has 11 heteroatoms. The van der Waals surface area contributed by atoms with Gasteiger partial charge in [0.15, 0.2) is 6.10 Å². The summed E-state index contributed by atoms with van der Waals surface area (Å²) in [5, 5.41) is 3.10. The molecule has 0 radical (unpaired) electrons. The quantitative estimate of drug-likeness (QED) is 0.435. The fourth-order valence-corrected chi connectivity index (χ4v) is 2.55. The molecular weight excluding hydrogens is 394 g/mol. The van der Waals surface area contributed by atoms with Crippen molar-refractivity contribution in [3.05, 3.63) is 36.0 Å². The van der Waals surface area contributed by atoms with Crippen molar-refractivity contribution in [1.82, 2.24) is 21.2 Å². The van der Waals surface area contributed by atoms with Crippen molar-refractivity contribution in [2.45, 2.75) is 38.9 Å². The maximum atomic E-state index is 12.4. The Morgan fingerprint density at radius 2 is 1.83 bits per heavy atom. The molecule has 0 aliphatic carbocycles. The van der Waals surface area contributed by atoms with E-state index in [-0.39, 0.29) is 6.42 Å². The normalized spacial score (nSPS) is 12.0. The number of nitrogens with two attached hydrogens (primary N) is 1. The number of primary amides is 1. The minimum atomic E-state index is -1.28. The summed E-state index contributed by atoms with van der Waals surface area (Å²) in [4.78, 5) is 50.0. The molecule has 4 amide bonds. The Labute approximate surface area is 172 Å². The Morgan fingerprint density at radius 1 is 1.13 bits per heavy atom. The van der Waals surface area contributed by atoms with Gasteiger partial charge in [0.25, 0.3) is 11.8 Å². The monoisotopic (exact) mass is 419 g/mol. The van der Waals surface area contributed by atoms with Crippen LogP contribution in [-0.4, -0.2) is 47.2 Å². The van der Waals surface area contributed by atoms with Crippen molar-refractivity contribution in [2.75, 3.05) is 6.54 Å². The highest BCUT2D eigenvalue weighted by Crippen LogP contribution is 2.20. The summed E-state index contributed by atoms with van der Waals surface area (Å²) in [6.07, 6.45) is -1.46. The number of aromatic nitrogens is 1. The second-order valence-corrected chi connectivity index (χ2v) is 7.38. The van der Waals surface area contributed by atoms with Crippen LogP contribution in [0.1, 0.15) is 26.3 Å². The molecule has 30 heavy (non-hydrogen) atoms. The van der Waals surface area contributed by atoms with Crippen molar-refractivity contribution >= 4 is 34.9 Å². The molecule has 11 nitrogen and oxygen atoms in total. The number of hydrogen-bond acceptors (Lipinski definition) is 6. The van der Waals surface area contributed by atoms with Crippen LogP contribution >= 0.6 is 0 Å². The van der Waals surface area contributed by atoms with Crippen molar-refractivity contribution in [2.24, 2.45) is 5.73 Å². The fraction of sp³-hybridized carbons (Fsp3) is 0.368. The number of carbonyl (C=O) groups is 4. The van der Waals surface area contributed by atoms with Gasteiger partial charge in [-0.1, -0.05) is 18.2 Å². The van der Waals surface area contributed by atoms with Crippen LogP contribution in [-0.2, 0) is 25.5 Å². The number of rotatable bonds is 6. The Balaban J connectivity index is 1.91. The first-order valence-electron chi connectivity index (χ1n) is 9.12. The highest BCUT2D eigenvalue weighted by atomic mass is 16.6. The van der Waals surface area contributed by atoms with Crippen LogP contribution in [0.15, 0.2) is 30.5 Å². The van der Waals surface area contributed by atoms with E-state index in [1.54, 1.807) is 27.0 Å². The van der Waals surface area contributed by atoms with Gasteiger partial charge in [-0.2, -0.15) is 0 Å². The molecule has 1 aromatic heterocycles. The van der Waals surface area contributed by atoms with Crippen molar-refractivity contribution in [1.29, 1.82) is 0 Å². The van der Waals surface area contributed by atoms with Gasteiger partial charge in [0.2, 0.25) is 0 Å². The number of H-pyrrole nitrogens is 1. The van der Waals surface area contributed by atoms with E-state index in [0.29, 0.717) is 0 Å². The Bertz CT molecular complexity index is 933. The molecule has 1 heterocycles. The molecule has 0 fully saturated rings. The van der Waals surface area contributed by atoms with Crippen molar-refractivity contribution in [3.63, 3.8) is 0 Å². The molecule has 0 spiro atoms. The first kappa shape index (κ1) is 22.5. The molecule has 6 N–H and O–H groups in total. The molecule has 0 bridgehead atoms. The van der Waals surface area contributed by atoms with E-state index in [0.717, 1.165) is 16.5 Å². The summed E-state index contributed by atoms with van der Waals surface area (Å²) < 4.78 is 9.89. The number of fused-ring (bicyclic) bond motifs is 1. The molecule has 0 saturated carbocycles. The lowest BCUT2D eigenvalue weighted by atomic mass is 10.1. The number of carbonyl (C=O) groups excluding carboxylic acids is 4. The smallest absolute Gasteiger partial charge is 0.408 e. The number of para-hydroxylation sites is 1. The summed E-state index contributed by atoms with van der Waals surface area (Å²) >= 11 is 0. The molecule has 0 aliphatic heterocycles. The van der Waals surface area contributed by atoms with Crippen LogP contribution in [0, 0.1) is 0 Å². The van der Waals surface area contributed by atoms with Gasteiger partial charge in [0.05, 0.1) is 0 Å². The number of hydrogen-bond donors (Lipinski definition) is 5. The van der Waals surface area contributed by atoms with Gasteiger partial charge in [-0.3, -0.25) is 20.4 Å². The lowest BCUT2D eigenvalue weighted by molar-refractivity contribution is -0.134. The summed E-state index contributed by atoms with van der Waals surface area (Å²) in [5.74, 6) is -1.50. The number of benzene rings is 1. The zero-order valence-corrected chi connectivity index (χ0v) is 16.9. The van der Waals surface area contributed by atoms with Crippen LogP contribution < -0.4 is 21.9 Å². The minimum Gasteiger partial charge on any atom is -0.444 e. The zero-order chi connectivity index (χ0) is 22.3. The van der Waals surface area contributed by atoms with Crippen LogP contribution in [0.2, 0.25) is 0 Å². The average molecular weight is 419 g/mol. The summed E-state index contributed by atoms with van der Waals surface area (Å²) in [5.41, 5.74) is 10.2. The molecule has 2 aromatic rings. The maximum absolute atomic E-state index is 12.4. The van der Waals surface area contributed by atoms with Gasteiger partial charge >= 0.3 is 12.2 Å². The molecular formula is C19H25N5O6. The molecule has 162 valence electrons. The topological polar surface area (TPSA) is 165 Å². The summed E-state index contributed by atoms with van der Waals surface area (Å²) in [6.45, 7) is 4.61. The predicted octanol–water partition coefficient (Wildman–Crippen LogP) is 0.846. The summed E-state index contributed by atoms with van der Waals surface area (Å²) in [7, 11) is 0. The molecule has 2 rings (SSSR count). The van der Waals surface area contributed by atoms with E-state index >= 15 is 0 Å². The third-order valence-electron chi connectivity index (χ3n) is 3.75. The van der Waals surface area contributed by atoms with Crippen LogP contribution in [0.4, 0.5) is 9.59 Å². The second kappa shape index (κ2) is 9.63. The first-order valence-corrected chi connectivity index (χ1v) is 9.12. The maximum Gasteiger partial charge on any atom is 0.408 e. The second-order valence-electron chi connectivity index (χ2n) is 7.38. The van der Waals surface area contributed by atoms with E-state index in [1.807, 2.05) is 24.3 Å². The van der Waals surface area contributed by atoms with Gasteiger partial charge < -0.3 is 25.5 Å². The van der Waals surface area contributed by atoms with Crippen LogP contribution in [0.25, 0.3) is 10.9 Å². The van der Waals surface area contributed by atoms with Gasteiger partial charge in [0.1, 0.15) is 12.1 Å². The van der Waals surface area contributed by atoms with E-state index in [2.05, 4.69) is 21.2 Å². The lowest BCUT2D eigenvalue weighted by Gasteiger charge is -2.19. The molecule has 0 saturated heterocycles. The Hall–Kier alpha value is -3.76. The van der Waals surface area contributed by atoms with Gasteiger partial charge in [-0.05, 0) is 32.4 Å². The van der Waals surface area contributed by atoms with Gasteiger partial charge in [-0.15, -0.1) is 0 Å². The molecule has 0 aliphatic rings. The number of ether oxygens (including phenoxy) is 2. The Kier molecular flexibility index (Phi) is 7.23. The summed E-state index contributed by atoms with van der Waals surface area (Å²) in [6, 6.07) is 7.40. The first-order chi connectivity index (χ1) is 14.0. The highest BCUT2D eigenvalue weighted by Gasteiger charge is 2.24. The highest BCUT2D eigenvalue weighted by molar-refractivity contribution is 5.89.